The van der Waals surface area contributed by atoms with E-state index in [-0.39, 0.29) is 5.41 Å². The second kappa shape index (κ2) is 10.6. The summed E-state index contributed by atoms with van der Waals surface area (Å²) >= 11 is 0. The smallest absolute Gasteiger partial charge is 0.0542 e. The molecule has 224 valence electrons. The zero-order valence-electron chi connectivity index (χ0n) is 26.6. The first-order valence-electron chi connectivity index (χ1n) is 16.4. The third-order valence-corrected chi connectivity index (χ3v) is 9.99. The highest BCUT2D eigenvalue weighted by Gasteiger charge is 2.35. The van der Waals surface area contributed by atoms with Gasteiger partial charge in [0.05, 0.1) is 11.0 Å². The van der Waals surface area contributed by atoms with Crippen LogP contribution in [0.4, 0.5) is 17.1 Å². The Labute approximate surface area is 275 Å². The molecule has 0 amide bonds. The normalized spacial score (nSPS) is 13.1. The quantitative estimate of drug-likeness (QED) is 0.190. The first-order chi connectivity index (χ1) is 23.1. The number of nitrogens with zero attached hydrogens (tertiary/aromatic N) is 2. The van der Waals surface area contributed by atoms with Gasteiger partial charge in [0, 0.05) is 38.9 Å². The fraction of sp³-hybridized carbons (Fsp3) is 0.0667. The maximum atomic E-state index is 2.40. The summed E-state index contributed by atoms with van der Waals surface area (Å²) in [5, 5.41) is 2.49. The molecular weight excluding hydrogens is 569 g/mol. The van der Waals surface area contributed by atoms with E-state index in [9.17, 15) is 0 Å². The number of para-hydroxylation sites is 3. The first-order valence-corrected chi connectivity index (χ1v) is 16.4. The summed E-state index contributed by atoms with van der Waals surface area (Å²) < 4.78 is 2.37. The van der Waals surface area contributed by atoms with E-state index < -0.39 is 0 Å². The van der Waals surface area contributed by atoms with Gasteiger partial charge in [-0.15, -0.1) is 0 Å². The highest BCUT2D eigenvalue weighted by molar-refractivity contribution is 6.10. The summed E-state index contributed by atoms with van der Waals surface area (Å²) in [6.07, 6.45) is 0. The Morgan fingerprint density at radius 2 is 1.02 bits per heavy atom. The molecule has 0 saturated carbocycles. The Balaban J connectivity index is 1.14. The lowest BCUT2D eigenvalue weighted by Gasteiger charge is -2.26. The molecule has 1 heterocycles. The molecule has 2 nitrogen and oxygen atoms in total. The summed E-state index contributed by atoms with van der Waals surface area (Å²) in [7, 11) is 0. The molecule has 0 N–H and O–H groups in total. The minimum Gasteiger partial charge on any atom is -0.310 e. The summed E-state index contributed by atoms with van der Waals surface area (Å²) in [6, 6.07) is 61.8. The van der Waals surface area contributed by atoms with Crippen LogP contribution in [0.25, 0.3) is 49.7 Å². The van der Waals surface area contributed by atoms with Crippen molar-refractivity contribution >= 4 is 38.9 Å². The van der Waals surface area contributed by atoms with Crippen molar-refractivity contribution in [3.63, 3.8) is 0 Å². The van der Waals surface area contributed by atoms with Gasteiger partial charge in [0.2, 0.25) is 0 Å². The van der Waals surface area contributed by atoms with Crippen molar-refractivity contribution in [2.75, 3.05) is 4.90 Å². The van der Waals surface area contributed by atoms with Gasteiger partial charge in [-0.05, 0) is 100 Å². The number of benzene rings is 7. The van der Waals surface area contributed by atoms with Crippen LogP contribution in [0.5, 0.6) is 0 Å². The van der Waals surface area contributed by atoms with Crippen LogP contribution in [0.15, 0.2) is 170 Å². The Morgan fingerprint density at radius 1 is 0.426 bits per heavy atom. The number of rotatable bonds is 5. The Kier molecular flexibility index (Phi) is 6.20. The van der Waals surface area contributed by atoms with Gasteiger partial charge in [-0.25, -0.2) is 0 Å². The van der Waals surface area contributed by atoms with Crippen LogP contribution in [0.3, 0.4) is 0 Å². The molecule has 0 bridgehead atoms. The molecule has 2 heteroatoms. The summed E-state index contributed by atoms with van der Waals surface area (Å²) in [4.78, 5) is 2.36. The molecule has 47 heavy (non-hydrogen) atoms. The molecule has 0 spiro atoms. The third kappa shape index (κ3) is 4.33. The summed E-state index contributed by atoms with van der Waals surface area (Å²) in [5.74, 6) is 0. The van der Waals surface area contributed by atoms with Crippen molar-refractivity contribution in [2.24, 2.45) is 0 Å². The molecule has 8 aromatic rings. The minimum atomic E-state index is -0.0196. The van der Waals surface area contributed by atoms with Gasteiger partial charge in [0.15, 0.2) is 0 Å². The van der Waals surface area contributed by atoms with E-state index in [0.29, 0.717) is 0 Å². The number of fused-ring (bicyclic) bond motifs is 6. The lowest BCUT2D eigenvalue weighted by Crippen LogP contribution is -2.14. The number of aromatic nitrogens is 1. The largest absolute Gasteiger partial charge is 0.310 e. The van der Waals surface area contributed by atoms with Crippen LogP contribution in [0.2, 0.25) is 0 Å². The van der Waals surface area contributed by atoms with Crippen LogP contribution in [-0.2, 0) is 5.41 Å². The highest BCUT2D eigenvalue weighted by Crippen LogP contribution is 2.49. The molecule has 0 fully saturated rings. The first kappa shape index (κ1) is 27.5. The fourth-order valence-corrected chi connectivity index (χ4v) is 7.67. The highest BCUT2D eigenvalue weighted by atomic mass is 15.1. The average Bonchev–Trinajstić information content (AvgIpc) is 3.58. The molecule has 1 aliphatic rings. The molecule has 1 aliphatic carbocycles. The summed E-state index contributed by atoms with van der Waals surface area (Å²) in [6.45, 7) is 4.69. The van der Waals surface area contributed by atoms with E-state index in [1.807, 2.05) is 0 Å². The van der Waals surface area contributed by atoms with E-state index in [4.69, 9.17) is 0 Å². The monoisotopic (exact) mass is 602 g/mol. The zero-order valence-corrected chi connectivity index (χ0v) is 26.6. The average molecular weight is 603 g/mol. The summed E-state index contributed by atoms with van der Waals surface area (Å²) in [5.41, 5.74) is 14.9. The SMILES string of the molecule is CC1(C)c2ccccc2-c2ccc(-c3ccc(N(c4ccccc4)c4ccc5c(c4)c4ccccc4n5-c4ccccc4)cc3)cc21. The number of hydrogen-bond acceptors (Lipinski definition) is 1. The van der Waals surface area contributed by atoms with Crippen LogP contribution >= 0.6 is 0 Å². The number of anilines is 3. The molecule has 0 unspecified atom stereocenters. The Bertz CT molecular complexity index is 2420. The van der Waals surface area contributed by atoms with E-state index in [2.05, 4.69) is 193 Å². The van der Waals surface area contributed by atoms with Gasteiger partial charge in [0.25, 0.3) is 0 Å². The maximum Gasteiger partial charge on any atom is 0.0542 e. The van der Waals surface area contributed by atoms with Crippen LogP contribution in [-0.4, -0.2) is 4.57 Å². The van der Waals surface area contributed by atoms with Crippen molar-refractivity contribution in [3.05, 3.63) is 181 Å². The van der Waals surface area contributed by atoms with Crippen molar-refractivity contribution in [2.45, 2.75) is 19.3 Å². The van der Waals surface area contributed by atoms with Gasteiger partial charge in [0.1, 0.15) is 0 Å². The molecule has 0 radical (unpaired) electrons. The van der Waals surface area contributed by atoms with Crippen molar-refractivity contribution in [1.82, 2.24) is 4.57 Å². The second-order valence-electron chi connectivity index (χ2n) is 13.0. The maximum absolute atomic E-state index is 2.40. The van der Waals surface area contributed by atoms with E-state index in [1.165, 1.54) is 60.9 Å². The van der Waals surface area contributed by atoms with E-state index in [0.717, 1.165) is 17.1 Å². The second-order valence-corrected chi connectivity index (χ2v) is 13.0. The zero-order chi connectivity index (χ0) is 31.5. The van der Waals surface area contributed by atoms with Gasteiger partial charge in [-0.1, -0.05) is 117 Å². The topological polar surface area (TPSA) is 8.17 Å². The lowest BCUT2D eigenvalue weighted by atomic mass is 9.81. The number of hydrogen-bond donors (Lipinski definition) is 0. The lowest BCUT2D eigenvalue weighted by molar-refractivity contribution is 0.660. The van der Waals surface area contributed by atoms with Crippen LogP contribution in [0, 0.1) is 0 Å². The standard InChI is InChI=1S/C45H34N2/c1-45(2)41-19-11-9-17-37(41)38-27-23-32(29-42(38)45)31-21-24-35(25-22-31)46(33-13-5-3-6-14-33)36-26-28-44-40(30-36)39-18-10-12-20-43(39)47(44)34-15-7-4-8-16-34/h3-30H,1-2H3. The van der Waals surface area contributed by atoms with Crippen molar-refractivity contribution < 1.29 is 0 Å². The van der Waals surface area contributed by atoms with Gasteiger partial charge >= 0.3 is 0 Å². The molecular formula is C45H34N2. The molecule has 1 aromatic heterocycles. The molecule has 7 aromatic carbocycles. The van der Waals surface area contributed by atoms with E-state index in [1.54, 1.807) is 0 Å². The Hall–Kier alpha value is -5.86. The third-order valence-electron chi connectivity index (χ3n) is 9.99. The van der Waals surface area contributed by atoms with Gasteiger partial charge in [-0.3, -0.25) is 0 Å². The van der Waals surface area contributed by atoms with Crippen LogP contribution < -0.4 is 4.90 Å². The van der Waals surface area contributed by atoms with Gasteiger partial charge in [-0.2, -0.15) is 0 Å². The fourth-order valence-electron chi connectivity index (χ4n) is 7.67. The minimum absolute atomic E-state index is 0.0196. The predicted octanol–water partition coefficient (Wildman–Crippen LogP) is 12.2. The van der Waals surface area contributed by atoms with Crippen molar-refractivity contribution in [1.29, 1.82) is 0 Å². The molecule has 0 aliphatic heterocycles. The predicted molar refractivity (Wildman–Crippen MR) is 198 cm³/mol. The van der Waals surface area contributed by atoms with Gasteiger partial charge < -0.3 is 9.47 Å². The Morgan fingerprint density at radius 3 is 1.83 bits per heavy atom. The molecule has 9 rings (SSSR count). The van der Waals surface area contributed by atoms with Crippen molar-refractivity contribution in [3.8, 4) is 27.9 Å². The van der Waals surface area contributed by atoms with E-state index >= 15 is 0 Å². The molecule has 0 saturated heterocycles. The molecule has 0 atom stereocenters. The van der Waals surface area contributed by atoms with Crippen LogP contribution in [0.1, 0.15) is 25.0 Å².